The van der Waals surface area contributed by atoms with Crippen LogP contribution >= 0.6 is 11.8 Å². The molecule has 70 valence electrons. The summed E-state index contributed by atoms with van der Waals surface area (Å²) >= 11 is 1.90. The molecule has 0 aliphatic carbocycles. The maximum Gasteiger partial charge on any atom is 0.115 e. The van der Waals surface area contributed by atoms with E-state index in [0.29, 0.717) is 11.0 Å². The monoisotopic (exact) mass is 195 g/mol. The molecule has 3 heteroatoms. The van der Waals surface area contributed by atoms with Crippen LogP contribution in [0.25, 0.3) is 0 Å². The predicted octanol–water partition coefficient (Wildman–Crippen LogP) is 1.63. The molecule has 1 aromatic carbocycles. The first-order valence-corrected chi connectivity index (χ1v) is 5.30. The first kappa shape index (κ1) is 8.91. The van der Waals surface area contributed by atoms with Gasteiger partial charge >= 0.3 is 0 Å². The topological polar surface area (TPSA) is 32.3 Å². The van der Waals surface area contributed by atoms with E-state index in [1.807, 2.05) is 30.9 Å². The summed E-state index contributed by atoms with van der Waals surface area (Å²) in [5.74, 6) is 0.379. The van der Waals surface area contributed by atoms with E-state index in [-0.39, 0.29) is 0 Å². The van der Waals surface area contributed by atoms with Crippen LogP contribution in [0.3, 0.4) is 0 Å². The molecule has 2 rings (SSSR count). The molecule has 0 radical (unpaired) electrons. The molecule has 0 bridgehead atoms. The molecule has 1 aliphatic heterocycles. The van der Waals surface area contributed by atoms with E-state index in [4.69, 9.17) is 0 Å². The van der Waals surface area contributed by atoms with Crippen molar-refractivity contribution in [2.24, 2.45) is 0 Å². The molecule has 1 atom stereocenters. The van der Waals surface area contributed by atoms with Crippen molar-refractivity contribution in [3.05, 3.63) is 23.8 Å². The molecule has 2 nitrogen and oxygen atoms in total. The van der Waals surface area contributed by atoms with Crippen molar-refractivity contribution in [2.45, 2.75) is 16.6 Å². The fraction of sp³-hybridized carbons (Fsp3) is 0.400. The van der Waals surface area contributed by atoms with Gasteiger partial charge in [0.25, 0.3) is 0 Å². The van der Waals surface area contributed by atoms with Gasteiger partial charge in [0.2, 0.25) is 0 Å². The number of rotatable bonds is 2. The van der Waals surface area contributed by atoms with E-state index in [0.717, 1.165) is 13.0 Å². The number of aromatic hydroxyl groups is 1. The van der Waals surface area contributed by atoms with Crippen LogP contribution in [0.2, 0.25) is 0 Å². The van der Waals surface area contributed by atoms with Crippen molar-refractivity contribution >= 4 is 11.8 Å². The van der Waals surface area contributed by atoms with Gasteiger partial charge in [-0.25, -0.2) is 0 Å². The zero-order valence-electron chi connectivity index (χ0n) is 7.58. The Morgan fingerprint density at radius 2 is 2.46 bits per heavy atom. The van der Waals surface area contributed by atoms with Crippen LogP contribution in [0.1, 0.15) is 5.56 Å². The Morgan fingerprint density at radius 3 is 3.23 bits per heavy atom. The van der Waals surface area contributed by atoms with Gasteiger partial charge in [-0.2, -0.15) is 0 Å². The summed E-state index contributed by atoms with van der Waals surface area (Å²) in [5.41, 5.74) is 1.28. The van der Waals surface area contributed by atoms with Gasteiger partial charge in [0.15, 0.2) is 0 Å². The van der Waals surface area contributed by atoms with Gasteiger partial charge in [-0.3, -0.25) is 0 Å². The third-order valence-corrected chi connectivity index (χ3v) is 3.54. The summed E-state index contributed by atoms with van der Waals surface area (Å²) in [5, 5.41) is 13.1. The zero-order valence-corrected chi connectivity index (χ0v) is 8.40. The van der Waals surface area contributed by atoms with Crippen molar-refractivity contribution in [2.75, 3.05) is 13.6 Å². The second kappa shape index (κ2) is 3.60. The highest BCUT2D eigenvalue weighted by molar-refractivity contribution is 8.00. The highest BCUT2D eigenvalue weighted by atomic mass is 32.2. The Labute approximate surface area is 82.4 Å². The molecule has 0 spiro atoms. The molecule has 13 heavy (non-hydrogen) atoms. The Hall–Kier alpha value is -0.670. The minimum Gasteiger partial charge on any atom is -0.508 e. The Kier molecular flexibility index (Phi) is 2.47. The molecule has 1 aromatic rings. The summed E-state index contributed by atoms with van der Waals surface area (Å²) in [6, 6.07) is 5.64. The summed E-state index contributed by atoms with van der Waals surface area (Å²) in [4.78, 5) is 1.32. The standard InChI is InChI=1S/C10H13NOS/c1-11-6-9-5-7-4-8(12)2-3-10(7)13-9/h2-4,9,11-12H,5-6H2,1H3. The maximum absolute atomic E-state index is 9.29. The van der Waals surface area contributed by atoms with Gasteiger partial charge in [0.05, 0.1) is 0 Å². The second-order valence-corrected chi connectivity index (χ2v) is 4.64. The average molecular weight is 195 g/mol. The minimum atomic E-state index is 0.379. The first-order chi connectivity index (χ1) is 6.29. The van der Waals surface area contributed by atoms with Crippen molar-refractivity contribution in [1.29, 1.82) is 0 Å². The Morgan fingerprint density at radius 1 is 1.62 bits per heavy atom. The molecule has 1 heterocycles. The van der Waals surface area contributed by atoms with E-state index in [1.165, 1.54) is 10.5 Å². The van der Waals surface area contributed by atoms with Crippen molar-refractivity contribution < 1.29 is 5.11 Å². The van der Waals surface area contributed by atoms with Gasteiger partial charge in [-0.1, -0.05) is 0 Å². The predicted molar refractivity (Wildman–Crippen MR) is 55.4 cm³/mol. The van der Waals surface area contributed by atoms with Crippen LogP contribution in [0.15, 0.2) is 23.1 Å². The lowest BCUT2D eigenvalue weighted by Crippen LogP contribution is -2.20. The highest BCUT2D eigenvalue weighted by Crippen LogP contribution is 2.38. The SMILES string of the molecule is CNCC1Cc2cc(O)ccc2S1. The van der Waals surface area contributed by atoms with Crippen LogP contribution in [0, 0.1) is 0 Å². The van der Waals surface area contributed by atoms with Gasteiger partial charge in [-0.15, -0.1) is 11.8 Å². The molecule has 0 amide bonds. The lowest BCUT2D eigenvalue weighted by molar-refractivity contribution is 0.474. The fourth-order valence-corrected chi connectivity index (χ4v) is 2.96. The number of nitrogens with one attached hydrogen (secondary N) is 1. The Balaban J connectivity index is 2.16. The Bertz CT molecular complexity index is 314. The van der Waals surface area contributed by atoms with Gasteiger partial charge in [0, 0.05) is 16.7 Å². The largest absolute Gasteiger partial charge is 0.508 e. The van der Waals surface area contributed by atoms with E-state index in [9.17, 15) is 5.11 Å². The number of fused-ring (bicyclic) bond motifs is 1. The summed E-state index contributed by atoms with van der Waals surface area (Å²) < 4.78 is 0. The second-order valence-electron chi connectivity index (χ2n) is 3.29. The summed E-state index contributed by atoms with van der Waals surface area (Å²) in [7, 11) is 1.97. The lowest BCUT2D eigenvalue weighted by atomic mass is 10.1. The van der Waals surface area contributed by atoms with Crippen molar-refractivity contribution in [1.82, 2.24) is 5.32 Å². The molecule has 1 aliphatic rings. The highest BCUT2D eigenvalue weighted by Gasteiger charge is 2.21. The molecular formula is C10H13NOS. The molecule has 0 aromatic heterocycles. The molecule has 0 fully saturated rings. The number of thioether (sulfide) groups is 1. The van der Waals surface area contributed by atoms with Crippen LogP contribution in [0.5, 0.6) is 5.75 Å². The lowest BCUT2D eigenvalue weighted by Gasteiger charge is -2.05. The molecule has 0 saturated carbocycles. The summed E-state index contributed by atoms with van der Waals surface area (Å²) in [6.45, 7) is 1.03. The summed E-state index contributed by atoms with van der Waals surface area (Å²) in [6.07, 6.45) is 1.06. The average Bonchev–Trinajstić information content (AvgIpc) is 2.46. The van der Waals surface area contributed by atoms with Crippen molar-refractivity contribution in [3.63, 3.8) is 0 Å². The molecule has 2 N–H and O–H groups in total. The first-order valence-electron chi connectivity index (χ1n) is 4.43. The van der Waals surface area contributed by atoms with Crippen LogP contribution in [-0.2, 0) is 6.42 Å². The fourth-order valence-electron chi connectivity index (χ4n) is 1.65. The maximum atomic E-state index is 9.29. The third-order valence-electron chi connectivity index (χ3n) is 2.22. The van der Waals surface area contributed by atoms with Gasteiger partial charge in [-0.05, 0) is 37.2 Å². The van der Waals surface area contributed by atoms with E-state index < -0.39 is 0 Å². The van der Waals surface area contributed by atoms with Gasteiger partial charge in [0.1, 0.15) is 5.75 Å². The third kappa shape index (κ3) is 1.81. The molecule has 0 saturated heterocycles. The number of phenols is 1. The van der Waals surface area contributed by atoms with Crippen LogP contribution in [-0.4, -0.2) is 23.9 Å². The van der Waals surface area contributed by atoms with Crippen LogP contribution in [0.4, 0.5) is 0 Å². The quantitative estimate of drug-likeness (QED) is 0.752. The van der Waals surface area contributed by atoms with Crippen molar-refractivity contribution in [3.8, 4) is 5.75 Å². The van der Waals surface area contributed by atoms with E-state index in [2.05, 4.69) is 5.32 Å². The van der Waals surface area contributed by atoms with Crippen LogP contribution < -0.4 is 5.32 Å². The number of hydrogen-bond donors (Lipinski definition) is 2. The number of hydrogen-bond acceptors (Lipinski definition) is 3. The zero-order chi connectivity index (χ0) is 9.26. The van der Waals surface area contributed by atoms with E-state index in [1.54, 1.807) is 6.07 Å². The normalized spacial score (nSPS) is 20.2. The molecular weight excluding hydrogens is 182 g/mol. The number of benzene rings is 1. The number of phenolic OH excluding ortho intramolecular Hbond substituents is 1. The minimum absolute atomic E-state index is 0.379. The smallest absolute Gasteiger partial charge is 0.115 e. The van der Waals surface area contributed by atoms with E-state index >= 15 is 0 Å². The molecule has 1 unspecified atom stereocenters. The van der Waals surface area contributed by atoms with Gasteiger partial charge < -0.3 is 10.4 Å².